The molecule has 0 unspecified atom stereocenters. The van der Waals surface area contributed by atoms with Crippen LogP contribution in [0.2, 0.25) is 0 Å². The normalized spacial score (nSPS) is 10.6. The highest BCUT2D eigenvalue weighted by molar-refractivity contribution is 7.99. The lowest BCUT2D eigenvalue weighted by Gasteiger charge is -2.07. The van der Waals surface area contributed by atoms with Crippen molar-refractivity contribution in [1.29, 1.82) is 0 Å². The minimum Gasteiger partial charge on any atom is -0.497 e. The number of unbranched alkanes of at least 4 members (excludes halogenated alkanes) is 1. The van der Waals surface area contributed by atoms with Crippen LogP contribution in [0.3, 0.4) is 0 Å². The average Bonchev–Trinajstić information content (AvgIpc) is 2.87. The third-order valence-corrected chi connectivity index (χ3v) is 4.03. The topological polar surface area (TPSA) is 78.0 Å². The Labute approximate surface area is 129 Å². The van der Waals surface area contributed by atoms with Crippen molar-refractivity contribution in [3.63, 3.8) is 0 Å². The van der Waals surface area contributed by atoms with E-state index in [1.165, 1.54) is 0 Å². The first-order valence-electron chi connectivity index (χ1n) is 6.94. The van der Waals surface area contributed by atoms with Crippen LogP contribution >= 0.6 is 11.8 Å². The Morgan fingerprint density at radius 3 is 2.71 bits per heavy atom. The summed E-state index contributed by atoms with van der Waals surface area (Å²) in [5.74, 6) is 8.56. The molecule has 1 aromatic carbocycles. The summed E-state index contributed by atoms with van der Waals surface area (Å²) in [5, 5.41) is 12.3. The second kappa shape index (κ2) is 7.78. The maximum absolute atomic E-state index is 6.01. The quantitative estimate of drug-likeness (QED) is 0.443. The number of hydrogen-bond donors (Lipinski definition) is 2. The van der Waals surface area contributed by atoms with E-state index in [9.17, 15) is 0 Å². The van der Waals surface area contributed by atoms with Crippen LogP contribution in [0.25, 0.3) is 0 Å². The molecule has 0 fully saturated rings. The summed E-state index contributed by atoms with van der Waals surface area (Å²) in [7, 11) is 1.65. The SMILES string of the molecule is CCCCSc1nnc(CNc2ccc(OC)cc2)n1N. The molecule has 0 aliphatic heterocycles. The van der Waals surface area contributed by atoms with E-state index in [1.54, 1.807) is 23.5 Å². The zero-order valence-corrected chi connectivity index (χ0v) is 13.2. The molecule has 0 aliphatic carbocycles. The van der Waals surface area contributed by atoms with Gasteiger partial charge < -0.3 is 15.9 Å². The molecule has 1 aromatic heterocycles. The smallest absolute Gasteiger partial charge is 0.209 e. The molecule has 0 aliphatic rings. The largest absolute Gasteiger partial charge is 0.497 e. The van der Waals surface area contributed by atoms with Crippen LogP contribution in [0.5, 0.6) is 5.75 Å². The van der Waals surface area contributed by atoms with Gasteiger partial charge in [0, 0.05) is 11.4 Å². The highest BCUT2D eigenvalue weighted by Crippen LogP contribution is 2.18. The van der Waals surface area contributed by atoms with E-state index in [0.29, 0.717) is 12.4 Å². The van der Waals surface area contributed by atoms with Crippen molar-refractivity contribution in [2.75, 3.05) is 24.0 Å². The van der Waals surface area contributed by atoms with Crippen LogP contribution < -0.4 is 15.9 Å². The van der Waals surface area contributed by atoms with Crippen LogP contribution in [-0.4, -0.2) is 27.7 Å². The van der Waals surface area contributed by atoms with Crippen LogP contribution in [0, 0.1) is 0 Å². The summed E-state index contributed by atoms with van der Waals surface area (Å²) in [4.78, 5) is 0. The number of nitrogen functional groups attached to an aromatic ring is 1. The summed E-state index contributed by atoms with van der Waals surface area (Å²) in [6.45, 7) is 2.70. The number of nitrogens with one attached hydrogen (secondary N) is 1. The van der Waals surface area contributed by atoms with Crippen molar-refractivity contribution < 1.29 is 4.74 Å². The second-order valence-electron chi connectivity index (χ2n) is 4.55. The van der Waals surface area contributed by atoms with Crippen molar-refractivity contribution >= 4 is 17.4 Å². The first-order chi connectivity index (χ1) is 10.2. The maximum Gasteiger partial charge on any atom is 0.209 e. The van der Waals surface area contributed by atoms with Gasteiger partial charge in [0.15, 0.2) is 5.82 Å². The van der Waals surface area contributed by atoms with Crippen molar-refractivity contribution in [2.45, 2.75) is 31.5 Å². The van der Waals surface area contributed by atoms with Crippen LogP contribution in [0.1, 0.15) is 25.6 Å². The van der Waals surface area contributed by atoms with Gasteiger partial charge in [-0.2, -0.15) is 0 Å². The van der Waals surface area contributed by atoms with E-state index in [0.717, 1.165) is 35.2 Å². The molecule has 0 saturated heterocycles. The summed E-state index contributed by atoms with van der Waals surface area (Å²) >= 11 is 1.64. The molecule has 0 bridgehead atoms. The number of methoxy groups -OCH3 is 1. The number of nitrogens with zero attached hydrogens (tertiary/aromatic N) is 3. The Kier molecular flexibility index (Phi) is 5.74. The molecule has 0 radical (unpaired) electrons. The molecule has 6 nitrogen and oxygen atoms in total. The Balaban J connectivity index is 1.90. The molecule has 3 N–H and O–H groups in total. The molecule has 2 rings (SSSR count). The van der Waals surface area contributed by atoms with Gasteiger partial charge in [-0.1, -0.05) is 25.1 Å². The second-order valence-corrected chi connectivity index (χ2v) is 5.61. The molecule has 0 spiro atoms. The van der Waals surface area contributed by atoms with Gasteiger partial charge in [0.2, 0.25) is 5.16 Å². The molecule has 7 heteroatoms. The fourth-order valence-corrected chi connectivity index (χ4v) is 2.68. The standard InChI is InChI=1S/C14H21N5OS/c1-3-4-9-21-14-18-17-13(19(14)15)10-16-11-5-7-12(20-2)8-6-11/h5-8,16H,3-4,9-10,15H2,1-2H3. The van der Waals surface area contributed by atoms with Gasteiger partial charge >= 0.3 is 0 Å². The predicted octanol–water partition coefficient (Wildman–Crippen LogP) is 2.50. The lowest BCUT2D eigenvalue weighted by atomic mass is 10.3. The molecule has 0 saturated carbocycles. The summed E-state index contributed by atoms with van der Waals surface area (Å²) < 4.78 is 6.68. The van der Waals surface area contributed by atoms with E-state index >= 15 is 0 Å². The van der Waals surface area contributed by atoms with E-state index in [1.807, 2.05) is 24.3 Å². The highest BCUT2D eigenvalue weighted by atomic mass is 32.2. The average molecular weight is 307 g/mol. The third-order valence-electron chi connectivity index (χ3n) is 3.00. The van der Waals surface area contributed by atoms with Gasteiger partial charge in [-0.05, 0) is 30.7 Å². The lowest BCUT2D eigenvalue weighted by molar-refractivity contribution is 0.415. The van der Waals surface area contributed by atoms with Crippen molar-refractivity contribution in [3.8, 4) is 5.75 Å². The van der Waals surface area contributed by atoms with E-state index in [4.69, 9.17) is 10.6 Å². The number of nitrogens with two attached hydrogens (primary N) is 1. The summed E-state index contributed by atoms with van der Waals surface area (Å²) in [6, 6.07) is 7.71. The van der Waals surface area contributed by atoms with Crippen LogP contribution in [-0.2, 0) is 6.54 Å². The van der Waals surface area contributed by atoms with E-state index < -0.39 is 0 Å². The summed E-state index contributed by atoms with van der Waals surface area (Å²) in [6.07, 6.45) is 2.31. The molecule has 0 amide bonds. The number of rotatable bonds is 8. The predicted molar refractivity (Wildman–Crippen MR) is 86.1 cm³/mol. The van der Waals surface area contributed by atoms with E-state index in [-0.39, 0.29) is 0 Å². The Morgan fingerprint density at radius 1 is 1.29 bits per heavy atom. The van der Waals surface area contributed by atoms with Crippen LogP contribution in [0.15, 0.2) is 29.4 Å². The zero-order chi connectivity index (χ0) is 15.1. The molecule has 114 valence electrons. The third kappa shape index (κ3) is 4.29. The number of aromatic nitrogens is 3. The van der Waals surface area contributed by atoms with Gasteiger partial charge in [-0.15, -0.1) is 10.2 Å². The lowest BCUT2D eigenvalue weighted by Crippen LogP contribution is -2.16. The monoisotopic (exact) mass is 307 g/mol. The fraction of sp³-hybridized carbons (Fsp3) is 0.429. The number of ether oxygens (including phenoxy) is 1. The number of benzene rings is 1. The first-order valence-corrected chi connectivity index (χ1v) is 7.93. The molecule has 21 heavy (non-hydrogen) atoms. The zero-order valence-electron chi connectivity index (χ0n) is 12.4. The Morgan fingerprint density at radius 2 is 2.05 bits per heavy atom. The number of thioether (sulfide) groups is 1. The molecule has 0 atom stereocenters. The van der Waals surface area contributed by atoms with Gasteiger partial charge in [0.05, 0.1) is 13.7 Å². The highest BCUT2D eigenvalue weighted by Gasteiger charge is 2.09. The van der Waals surface area contributed by atoms with Crippen molar-refractivity contribution in [1.82, 2.24) is 14.9 Å². The van der Waals surface area contributed by atoms with Crippen molar-refractivity contribution in [2.24, 2.45) is 0 Å². The minimum absolute atomic E-state index is 0.532. The summed E-state index contributed by atoms with van der Waals surface area (Å²) in [5.41, 5.74) is 0.985. The van der Waals surface area contributed by atoms with E-state index in [2.05, 4.69) is 22.4 Å². The maximum atomic E-state index is 6.01. The first kappa shape index (κ1) is 15.5. The fourth-order valence-electron chi connectivity index (χ4n) is 1.72. The number of hydrogen-bond acceptors (Lipinski definition) is 6. The Bertz CT molecular complexity index is 555. The molecule has 2 aromatic rings. The molecular weight excluding hydrogens is 286 g/mol. The molecule has 1 heterocycles. The van der Waals surface area contributed by atoms with Crippen molar-refractivity contribution in [3.05, 3.63) is 30.1 Å². The minimum atomic E-state index is 0.532. The molecular formula is C14H21N5OS. The van der Waals surface area contributed by atoms with Gasteiger partial charge in [-0.25, -0.2) is 4.68 Å². The van der Waals surface area contributed by atoms with Gasteiger partial charge in [-0.3, -0.25) is 0 Å². The number of anilines is 1. The van der Waals surface area contributed by atoms with Crippen LogP contribution in [0.4, 0.5) is 5.69 Å². The Hall–Kier alpha value is -1.89. The van der Waals surface area contributed by atoms with Gasteiger partial charge in [0.1, 0.15) is 5.75 Å². The van der Waals surface area contributed by atoms with Gasteiger partial charge in [0.25, 0.3) is 0 Å².